The zero-order valence-corrected chi connectivity index (χ0v) is 19.5. The molecule has 3 atom stereocenters. The van der Waals surface area contributed by atoms with Crippen LogP contribution in [0.25, 0.3) is 11.4 Å². The van der Waals surface area contributed by atoms with Gasteiger partial charge < -0.3 is 16.0 Å². The van der Waals surface area contributed by atoms with Gasteiger partial charge in [-0.05, 0) is 56.7 Å². The van der Waals surface area contributed by atoms with Gasteiger partial charge in [-0.15, -0.1) is 0 Å². The molecule has 4 aliphatic rings. The second kappa shape index (κ2) is 8.03. The number of fused-ring (bicyclic) bond motifs is 2. The molecule has 1 saturated carbocycles. The van der Waals surface area contributed by atoms with E-state index in [2.05, 4.69) is 25.3 Å². The molecule has 2 saturated heterocycles. The van der Waals surface area contributed by atoms with Crippen molar-refractivity contribution in [3.05, 3.63) is 53.5 Å². The van der Waals surface area contributed by atoms with Gasteiger partial charge >= 0.3 is 6.18 Å². The zero-order valence-electron chi connectivity index (χ0n) is 19.5. The Hall–Kier alpha value is -3.50. The Morgan fingerprint density at radius 2 is 1.91 bits per heavy atom. The minimum absolute atomic E-state index is 0.0495. The lowest BCUT2D eigenvalue weighted by Crippen LogP contribution is -2.67. The predicted octanol–water partition coefficient (Wildman–Crippen LogP) is 3.21. The molecule has 0 radical (unpaired) electrons. The molecular weight excluding hydrogens is 459 g/mol. The maximum Gasteiger partial charge on any atom is 0.416 e. The molecule has 3 N–H and O–H groups in total. The van der Waals surface area contributed by atoms with Crippen molar-refractivity contribution < 1.29 is 18.0 Å². The molecule has 1 amide bonds. The number of amides is 1. The second-order valence-corrected chi connectivity index (χ2v) is 9.71. The molecule has 11 heteroatoms. The fourth-order valence-electron chi connectivity index (χ4n) is 5.19. The lowest BCUT2D eigenvalue weighted by atomic mass is 9.63. The van der Waals surface area contributed by atoms with Crippen molar-refractivity contribution in [2.24, 2.45) is 22.6 Å². The SMILES string of the molecule is Cc1ccc(-c2ncccn2)c(C(=O)N2C3CC(C3)C(C)C2C2=C(N)N=CC(C)(C(F)(F)F)N2)n1. The summed E-state index contributed by atoms with van der Waals surface area (Å²) in [4.78, 5) is 32.7. The van der Waals surface area contributed by atoms with Crippen LogP contribution in [-0.2, 0) is 0 Å². The first-order valence-electron chi connectivity index (χ1n) is 11.5. The van der Waals surface area contributed by atoms with Gasteiger partial charge in [-0.25, -0.2) is 19.9 Å². The first-order chi connectivity index (χ1) is 16.5. The normalized spacial score (nSPS) is 30.1. The molecule has 35 heavy (non-hydrogen) atoms. The number of hydrogen-bond acceptors (Lipinski definition) is 7. The Bertz CT molecular complexity index is 1220. The largest absolute Gasteiger partial charge is 0.416 e. The lowest BCUT2D eigenvalue weighted by molar-refractivity contribution is -0.168. The number of nitrogens with one attached hydrogen (secondary N) is 1. The number of piperidine rings is 2. The summed E-state index contributed by atoms with van der Waals surface area (Å²) in [6.45, 7) is 4.73. The van der Waals surface area contributed by atoms with Crippen LogP contribution < -0.4 is 11.1 Å². The highest BCUT2D eigenvalue weighted by molar-refractivity contribution is 5.99. The van der Waals surface area contributed by atoms with Gasteiger partial charge in [-0.2, -0.15) is 13.2 Å². The minimum Gasteiger partial charge on any atom is -0.382 e. The number of pyridine rings is 1. The predicted molar refractivity (Wildman–Crippen MR) is 123 cm³/mol. The number of alkyl halides is 3. The average molecular weight is 486 g/mol. The molecule has 184 valence electrons. The van der Waals surface area contributed by atoms with E-state index < -0.39 is 17.8 Å². The molecular formula is C24H26F3N7O. The van der Waals surface area contributed by atoms with Crippen molar-refractivity contribution in [2.45, 2.75) is 57.4 Å². The molecule has 0 aromatic carbocycles. The highest BCUT2D eigenvalue weighted by Gasteiger charge is 2.57. The molecule has 2 bridgehead atoms. The van der Waals surface area contributed by atoms with Crippen LogP contribution in [0, 0.1) is 18.8 Å². The number of nitrogens with zero attached hydrogens (tertiary/aromatic N) is 5. The first kappa shape index (κ1) is 23.3. The highest BCUT2D eigenvalue weighted by Crippen LogP contribution is 2.49. The molecule has 3 aliphatic heterocycles. The van der Waals surface area contributed by atoms with E-state index in [-0.39, 0.29) is 41.0 Å². The first-order valence-corrected chi connectivity index (χ1v) is 11.5. The van der Waals surface area contributed by atoms with Crippen LogP contribution in [0.1, 0.15) is 42.9 Å². The molecule has 0 spiro atoms. The zero-order chi connectivity index (χ0) is 25.1. The molecule has 5 heterocycles. The Balaban J connectivity index is 1.59. The number of nitrogens with two attached hydrogens (primary N) is 1. The summed E-state index contributed by atoms with van der Waals surface area (Å²) >= 11 is 0. The number of aromatic nitrogens is 3. The molecule has 3 unspecified atom stereocenters. The van der Waals surface area contributed by atoms with E-state index >= 15 is 0 Å². The van der Waals surface area contributed by atoms with Gasteiger partial charge in [-0.1, -0.05) is 6.92 Å². The fourth-order valence-corrected chi connectivity index (χ4v) is 5.19. The monoisotopic (exact) mass is 485 g/mol. The van der Waals surface area contributed by atoms with Gasteiger partial charge in [0.2, 0.25) is 0 Å². The third-order valence-electron chi connectivity index (χ3n) is 7.38. The summed E-state index contributed by atoms with van der Waals surface area (Å²) in [5.41, 5.74) is 5.10. The van der Waals surface area contributed by atoms with Crippen LogP contribution in [0.5, 0.6) is 0 Å². The van der Waals surface area contributed by atoms with Crippen LogP contribution in [0.4, 0.5) is 13.2 Å². The summed E-state index contributed by atoms with van der Waals surface area (Å²) in [7, 11) is 0. The molecule has 2 aromatic heterocycles. The maximum absolute atomic E-state index is 14.1. The summed E-state index contributed by atoms with van der Waals surface area (Å²) in [5.74, 6) is 0.0619. The number of rotatable bonds is 3. The molecule has 6 rings (SSSR count). The summed E-state index contributed by atoms with van der Waals surface area (Å²) < 4.78 is 41.6. The second-order valence-electron chi connectivity index (χ2n) is 9.71. The van der Waals surface area contributed by atoms with E-state index in [9.17, 15) is 18.0 Å². The van der Waals surface area contributed by atoms with Crippen LogP contribution in [0.3, 0.4) is 0 Å². The van der Waals surface area contributed by atoms with Gasteiger partial charge in [0.05, 0.1) is 17.3 Å². The smallest absolute Gasteiger partial charge is 0.382 e. The van der Waals surface area contributed by atoms with Crippen molar-refractivity contribution in [2.75, 3.05) is 0 Å². The van der Waals surface area contributed by atoms with Crippen molar-refractivity contribution in [1.82, 2.24) is 25.2 Å². The topological polar surface area (TPSA) is 109 Å². The van der Waals surface area contributed by atoms with Gasteiger partial charge in [0.1, 0.15) is 11.5 Å². The van der Waals surface area contributed by atoms with Crippen molar-refractivity contribution >= 4 is 12.1 Å². The summed E-state index contributed by atoms with van der Waals surface area (Å²) in [6.07, 6.45) is 0.879. The number of carbonyl (C=O) groups excluding carboxylic acids is 1. The van der Waals surface area contributed by atoms with Crippen LogP contribution in [-0.4, -0.2) is 55.8 Å². The third-order valence-corrected chi connectivity index (χ3v) is 7.38. The lowest BCUT2D eigenvalue weighted by Gasteiger charge is -2.58. The van der Waals surface area contributed by atoms with Crippen molar-refractivity contribution in [3.63, 3.8) is 0 Å². The Morgan fingerprint density at radius 3 is 2.57 bits per heavy atom. The number of hydrogen-bond donors (Lipinski definition) is 2. The molecule has 8 nitrogen and oxygen atoms in total. The van der Waals surface area contributed by atoms with Gasteiger partial charge in [0.15, 0.2) is 11.4 Å². The van der Waals surface area contributed by atoms with E-state index in [1.165, 1.54) is 0 Å². The van der Waals surface area contributed by atoms with Crippen LogP contribution >= 0.6 is 0 Å². The van der Waals surface area contributed by atoms with Crippen molar-refractivity contribution in [1.29, 1.82) is 0 Å². The van der Waals surface area contributed by atoms with E-state index in [0.717, 1.165) is 26.0 Å². The van der Waals surface area contributed by atoms with Gasteiger partial charge in [-0.3, -0.25) is 4.79 Å². The van der Waals surface area contributed by atoms with E-state index in [1.807, 2.05) is 6.92 Å². The Morgan fingerprint density at radius 1 is 1.23 bits per heavy atom. The van der Waals surface area contributed by atoms with E-state index in [4.69, 9.17) is 5.73 Å². The number of aliphatic imine (C=N–C) groups is 1. The Kier molecular flexibility index (Phi) is 5.33. The fraction of sp³-hybridized carbons (Fsp3) is 0.458. The number of carbonyl (C=O) groups is 1. The minimum atomic E-state index is -4.60. The molecule has 2 aromatic rings. The highest BCUT2D eigenvalue weighted by atomic mass is 19.4. The van der Waals surface area contributed by atoms with Crippen LogP contribution in [0.2, 0.25) is 0 Å². The van der Waals surface area contributed by atoms with E-state index in [1.54, 1.807) is 42.4 Å². The van der Waals surface area contributed by atoms with Gasteiger partial charge in [0.25, 0.3) is 5.91 Å². The summed E-state index contributed by atoms with van der Waals surface area (Å²) in [6, 6.07) is 4.35. The molecule has 3 fully saturated rings. The van der Waals surface area contributed by atoms with Crippen molar-refractivity contribution in [3.8, 4) is 11.4 Å². The van der Waals surface area contributed by atoms with Gasteiger partial charge in [0, 0.05) is 30.3 Å². The number of halogens is 3. The standard InChI is InChI=1S/C24H26F3N7O/c1-12-5-6-16(21-29-7-4-8-30-21)17(32-12)22(35)34-15-9-14(10-15)13(2)19(34)18-20(28)31-11-23(3,33-18)24(25,26)27/h4-8,11,13-15,19,33H,9-10,28H2,1-3H3. The average Bonchev–Trinajstić information content (AvgIpc) is 2.79. The third kappa shape index (κ3) is 3.73. The maximum atomic E-state index is 14.1. The Labute approximate surface area is 200 Å². The number of aryl methyl sites for hydroxylation is 1. The van der Waals surface area contributed by atoms with E-state index in [0.29, 0.717) is 17.1 Å². The molecule has 1 aliphatic carbocycles. The summed E-state index contributed by atoms with van der Waals surface area (Å²) in [5, 5.41) is 2.60. The quantitative estimate of drug-likeness (QED) is 0.691. The van der Waals surface area contributed by atoms with Crippen LogP contribution in [0.15, 0.2) is 47.1 Å².